The molecule has 0 bridgehead atoms. The molecular weight excluding hydrogens is 435 g/mol. The van der Waals surface area contributed by atoms with Crippen molar-refractivity contribution in [1.82, 2.24) is 19.9 Å². The summed E-state index contributed by atoms with van der Waals surface area (Å²) in [7, 11) is 0. The zero-order valence-corrected chi connectivity index (χ0v) is 18.7. The predicted octanol–water partition coefficient (Wildman–Crippen LogP) is 4.19. The Morgan fingerprint density at radius 1 is 1.19 bits per heavy atom. The lowest BCUT2D eigenvalue weighted by Crippen LogP contribution is -2.57. The van der Waals surface area contributed by atoms with E-state index in [0.717, 1.165) is 48.5 Å². The first kappa shape index (κ1) is 20.4. The van der Waals surface area contributed by atoms with Gasteiger partial charge in [0.15, 0.2) is 0 Å². The molecule has 4 heterocycles. The van der Waals surface area contributed by atoms with Gasteiger partial charge in [-0.15, -0.1) is 0 Å². The number of likely N-dealkylation sites (tertiary alicyclic amines) is 1. The highest BCUT2D eigenvalue weighted by molar-refractivity contribution is 6.35. The Labute approximate surface area is 190 Å². The third-order valence-corrected chi connectivity index (χ3v) is 6.98. The monoisotopic (exact) mass is 458 g/mol. The van der Waals surface area contributed by atoms with E-state index in [1.807, 2.05) is 17.2 Å². The molecule has 5 rings (SSSR count). The molecule has 0 spiro atoms. The fourth-order valence-electron chi connectivity index (χ4n) is 5.16. The van der Waals surface area contributed by atoms with Crippen molar-refractivity contribution in [2.24, 2.45) is 5.92 Å². The summed E-state index contributed by atoms with van der Waals surface area (Å²) in [4.78, 5) is 29.6. The molecule has 31 heavy (non-hydrogen) atoms. The summed E-state index contributed by atoms with van der Waals surface area (Å²) >= 11 is 12.1. The molecule has 1 amide bonds. The molecule has 0 radical (unpaired) electrons. The van der Waals surface area contributed by atoms with Gasteiger partial charge in [-0.3, -0.25) is 4.79 Å². The average Bonchev–Trinajstić information content (AvgIpc) is 3.39. The fraction of sp³-hybridized carbons (Fsp3) is 0.409. The molecule has 2 N–H and O–H groups in total. The quantitative estimate of drug-likeness (QED) is 0.612. The zero-order chi connectivity index (χ0) is 21.5. The number of nitrogens with one attached hydrogen (secondary N) is 2. The highest BCUT2D eigenvalue weighted by Gasteiger charge is 2.45. The first-order chi connectivity index (χ1) is 15.0. The number of hydrogen-bond donors (Lipinski definition) is 2. The lowest BCUT2D eigenvalue weighted by Gasteiger charge is -2.44. The van der Waals surface area contributed by atoms with E-state index >= 15 is 0 Å². The zero-order valence-electron chi connectivity index (χ0n) is 17.2. The minimum atomic E-state index is 0.0726. The summed E-state index contributed by atoms with van der Waals surface area (Å²) in [5, 5.41) is 5.28. The molecule has 3 atom stereocenters. The van der Waals surface area contributed by atoms with E-state index in [0.29, 0.717) is 16.0 Å². The molecule has 9 heteroatoms. The van der Waals surface area contributed by atoms with E-state index in [9.17, 15) is 4.79 Å². The van der Waals surface area contributed by atoms with Crippen LogP contribution in [0.4, 0.5) is 11.5 Å². The third-order valence-electron chi connectivity index (χ3n) is 6.54. The molecule has 7 nitrogen and oxygen atoms in total. The van der Waals surface area contributed by atoms with Gasteiger partial charge in [-0.25, -0.2) is 9.97 Å². The smallest absolute Gasteiger partial charge is 0.242 e. The molecule has 2 fully saturated rings. The topological polar surface area (TPSA) is 77.2 Å². The van der Waals surface area contributed by atoms with E-state index in [-0.39, 0.29) is 24.5 Å². The minimum absolute atomic E-state index is 0.0726. The van der Waals surface area contributed by atoms with Crippen LogP contribution >= 0.6 is 23.2 Å². The van der Waals surface area contributed by atoms with E-state index < -0.39 is 0 Å². The Kier molecular flexibility index (Phi) is 5.40. The van der Waals surface area contributed by atoms with Crippen molar-refractivity contribution in [1.29, 1.82) is 0 Å². The van der Waals surface area contributed by atoms with Crippen LogP contribution in [0.2, 0.25) is 10.0 Å². The van der Waals surface area contributed by atoms with Gasteiger partial charge < -0.3 is 20.1 Å². The third kappa shape index (κ3) is 3.81. The number of aromatic amines is 1. The molecule has 3 aromatic rings. The molecule has 2 aromatic heterocycles. The summed E-state index contributed by atoms with van der Waals surface area (Å²) in [6.45, 7) is 4.07. The molecule has 0 saturated carbocycles. The van der Waals surface area contributed by atoms with Crippen molar-refractivity contribution < 1.29 is 4.79 Å². The number of hydrogen-bond acceptors (Lipinski definition) is 5. The van der Waals surface area contributed by atoms with Crippen molar-refractivity contribution in [2.75, 3.05) is 29.9 Å². The molecular formula is C22H24Cl2N6O. The maximum atomic E-state index is 13.1. The Bertz CT molecular complexity index is 1100. The van der Waals surface area contributed by atoms with Crippen LogP contribution < -0.4 is 10.2 Å². The maximum absolute atomic E-state index is 13.1. The second-order valence-electron chi connectivity index (χ2n) is 8.30. The van der Waals surface area contributed by atoms with Crippen molar-refractivity contribution in [3.63, 3.8) is 0 Å². The molecule has 0 aliphatic carbocycles. The number of halogens is 2. The number of rotatable bonds is 4. The number of carbonyl (C=O) groups excluding carboxylic acids is 1. The summed E-state index contributed by atoms with van der Waals surface area (Å²) < 4.78 is 0. The van der Waals surface area contributed by atoms with Crippen LogP contribution in [0.5, 0.6) is 0 Å². The van der Waals surface area contributed by atoms with Crippen LogP contribution in [0.3, 0.4) is 0 Å². The Morgan fingerprint density at radius 3 is 2.77 bits per heavy atom. The second-order valence-corrected chi connectivity index (χ2v) is 9.17. The normalized spacial score (nSPS) is 23.3. The van der Waals surface area contributed by atoms with Crippen LogP contribution in [-0.2, 0) is 4.79 Å². The van der Waals surface area contributed by atoms with E-state index in [1.54, 1.807) is 24.5 Å². The summed E-state index contributed by atoms with van der Waals surface area (Å²) in [5.74, 6) is 1.58. The van der Waals surface area contributed by atoms with Gasteiger partial charge in [-0.2, -0.15) is 0 Å². The van der Waals surface area contributed by atoms with E-state index in [4.69, 9.17) is 23.2 Å². The first-order valence-corrected chi connectivity index (χ1v) is 11.3. The molecule has 2 aliphatic heterocycles. The Morgan fingerprint density at radius 2 is 1.97 bits per heavy atom. The van der Waals surface area contributed by atoms with Gasteiger partial charge in [-0.05, 0) is 49.9 Å². The van der Waals surface area contributed by atoms with Gasteiger partial charge in [0.1, 0.15) is 17.8 Å². The van der Waals surface area contributed by atoms with Crippen molar-refractivity contribution in [3.8, 4) is 0 Å². The second kappa shape index (κ2) is 8.20. The van der Waals surface area contributed by atoms with Gasteiger partial charge in [0, 0.05) is 41.1 Å². The number of aromatic nitrogens is 3. The van der Waals surface area contributed by atoms with Crippen LogP contribution in [0.15, 0.2) is 36.8 Å². The van der Waals surface area contributed by atoms with Crippen LogP contribution in [0.1, 0.15) is 19.8 Å². The average molecular weight is 459 g/mol. The number of H-pyrrole nitrogens is 1. The van der Waals surface area contributed by atoms with Crippen molar-refractivity contribution >= 4 is 51.6 Å². The highest BCUT2D eigenvalue weighted by atomic mass is 35.5. The lowest BCUT2D eigenvalue weighted by atomic mass is 9.86. The van der Waals surface area contributed by atoms with E-state index in [2.05, 4.69) is 32.1 Å². The number of fused-ring (bicyclic) bond motifs is 2. The van der Waals surface area contributed by atoms with Crippen LogP contribution in [-0.4, -0.2) is 57.5 Å². The SMILES string of the molecule is CC1C2C(CCN1C(=O)CNc1cc(Cl)cc(Cl)c1)CCN2c1ncnc2[nH]ccc12. The molecule has 2 saturated heterocycles. The lowest BCUT2D eigenvalue weighted by molar-refractivity contribution is -0.133. The predicted molar refractivity (Wildman–Crippen MR) is 124 cm³/mol. The van der Waals surface area contributed by atoms with E-state index in [1.165, 1.54) is 0 Å². The summed E-state index contributed by atoms with van der Waals surface area (Å²) in [5.41, 5.74) is 1.58. The van der Waals surface area contributed by atoms with Crippen LogP contribution in [0, 0.1) is 5.92 Å². The number of amides is 1. The number of piperidine rings is 1. The Balaban J connectivity index is 1.33. The molecule has 162 valence electrons. The summed E-state index contributed by atoms with van der Waals surface area (Å²) in [6, 6.07) is 7.56. The van der Waals surface area contributed by atoms with Gasteiger partial charge in [0.25, 0.3) is 0 Å². The number of benzene rings is 1. The molecule has 3 unspecified atom stereocenters. The number of carbonyl (C=O) groups is 1. The fourth-order valence-corrected chi connectivity index (χ4v) is 5.69. The molecule has 2 aliphatic rings. The maximum Gasteiger partial charge on any atom is 0.242 e. The van der Waals surface area contributed by atoms with Gasteiger partial charge in [0.05, 0.1) is 18.0 Å². The number of anilines is 2. The summed E-state index contributed by atoms with van der Waals surface area (Å²) in [6.07, 6.45) is 5.62. The standard InChI is InChI=1S/C22H24Cl2N6O/c1-13-20-14(4-7-30(20)22-18-2-5-25-21(18)27-12-28-22)3-6-29(13)19(31)11-26-17-9-15(23)8-16(24)10-17/h2,5,8-10,12-14,20,26H,3-4,6-7,11H2,1H3,(H,25,27,28). The van der Waals surface area contributed by atoms with Gasteiger partial charge >= 0.3 is 0 Å². The first-order valence-electron chi connectivity index (χ1n) is 10.6. The van der Waals surface area contributed by atoms with Crippen LogP contribution in [0.25, 0.3) is 11.0 Å². The van der Waals surface area contributed by atoms with Gasteiger partial charge in [-0.1, -0.05) is 23.2 Å². The largest absolute Gasteiger partial charge is 0.376 e. The Hall–Kier alpha value is -2.51. The highest BCUT2D eigenvalue weighted by Crippen LogP contribution is 2.39. The number of nitrogens with zero attached hydrogens (tertiary/aromatic N) is 4. The van der Waals surface area contributed by atoms with Crippen molar-refractivity contribution in [2.45, 2.75) is 31.8 Å². The van der Waals surface area contributed by atoms with Gasteiger partial charge in [0.2, 0.25) is 5.91 Å². The molecule has 1 aromatic carbocycles. The minimum Gasteiger partial charge on any atom is -0.376 e. The van der Waals surface area contributed by atoms with Crippen molar-refractivity contribution in [3.05, 3.63) is 46.8 Å².